The van der Waals surface area contributed by atoms with Crippen LogP contribution in [0.1, 0.15) is 34.6 Å². The summed E-state index contributed by atoms with van der Waals surface area (Å²) in [6.07, 6.45) is 0. The highest BCUT2D eigenvalue weighted by Gasteiger charge is 2.22. The Kier molecular flexibility index (Phi) is 6.24. The lowest BCUT2D eigenvalue weighted by Crippen LogP contribution is -2.49. The zero-order chi connectivity index (χ0) is 19.2. The van der Waals surface area contributed by atoms with Gasteiger partial charge in [0, 0.05) is 49.5 Å². The molecular formula is C22H27N3O2. The molecule has 2 amide bonds. The summed E-state index contributed by atoms with van der Waals surface area (Å²) in [7, 11) is 0. The fraction of sp³-hybridized carbons (Fsp3) is 0.364. The number of benzene rings is 2. The number of hydrogen-bond donors (Lipinski definition) is 1. The van der Waals surface area contributed by atoms with Crippen LogP contribution >= 0.6 is 0 Å². The number of nitrogens with zero attached hydrogens (tertiary/aromatic N) is 2. The standard InChI is InChI=1S/C22H27N3O2/c1-17(2)16-24-12-14-25(15-13-24)22(27)19-8-10-20(11-9-19)23-21(26)18-6-4-3-5-7-18/h3-11,17H,12-16H2,1-2H3,(H,23,26). The monoisotopic (exact) mass is 365 g/mol. The van der Waals surface area contributed by atoms with Gasteiger partial charge in [0.1, 0.15) is 0 Å². The van der Waals surface area contributed by atoms with E-state index in [1.54, 1.807) is 36.4 Å². The van der Waals surface area contributed by atoms with Crippen LogP contribution in [0.4, 0.5) is 5.69 Å². The van der Waals surface area contributed by atoms with Gasteiger partial charge >= 0.3 is 0 Å². The quantitative estimate of drug-likeness (QED) is 0.884. The third-order valence-electron chi connectivity index (χ3n) is 4.71. The predicted molar refractivity (Wildman–Crippen MR) is 108 cm³/mol. The van der Waals surface area contributed by atoms with E-state index in [9.17, 15) is 9.59 Å². The maximum atomic E-state index is 12.7. The Hall–Kier alpha value is -2.66. The van der Waals surface area contributed by atoms with Crippen LogP contribution in [0.15, 0.2) is 54.6 Å². The van der Waals surface area contributed by atoms with Crippen LogP contribution in [0, 0.1) is 5.92 Å². The molecule has 27 heavy (non-hydrogen) atoms. The van der Waals surface area contributed by atoms with Crippen molar-refractivity contribution in [3.05, 3.63) is 65.7 Å². The highest BCUT2D eigenvalue weighted by Crippen LogP contribution is 2.15. The molecule has 3 rings (SSSR count). The maximum Gasteiger partial charge on any atom is 0.255 e. The van der Waals surface area contributed by atoms with Crippen molar-refractivity contribution in [1.29, 1.82) is 0 Å². The second kappa shape index (κ2) is 8.82. The SMILES string of the molecule is CC(C)CN1CCN(C(=O)c2ccc(NC(=O)c3ccccc3)cc2)CC1. The molecule has 2 aromatic rings. The van der Waals surface area contributed by atoms with Crippen LogP contribution in [0.2, 0.25) is 0 Å². The number of piperazine rings is 1. The van der Waals surface area contributed by atoms with E-state index in [0.717, 1.165) is 32.7 Å². The molecule has 0 bridgehead atoms. The van der Waals surface area contributed by atoms with Crippen LogP contribution in [0.3, 0.4) is 0 Å². The minimum absolute atomic E-state index is 0.0557. The first kappa shape index (κ1) is 19.1. The number of amides is 2. The van der Waals surface area contributed by atoms with Crippen LogP contribution in [-0.4, -0.2) is 54.3 Å². The van der Waals surface area contributed by atoms with E-state index < -0.39 is 0 Å². The highest BCUT2D eigenvalue weighted by molar-refractivity contribution is 6.04. The molecule has 5 heteroatoms. The van der Waals surface area contributed by atoms with Gasteiger partial charge in [-0.2, -0.15) is 0 Å². The van der Waals surface area contributed by atoms with Crippen molar-refractivity contribution in [1.82, 2.24) is 9.80 Å². The molecule has 1 heterocycles. The molecule has 0 aliphatic carbocycles. The summed E-state index contributed by atoms with van der Waals surface area (Å²) in [4.78, 5) is 29.2. The van der Waals surface area contributed by atoms with Gasteiger partial charge in [0.05, 0.1) is 0 Å². The van der Waals surface area contributed by atoms with E-state index in [-0.39, 0.29) is 11.8 Å². The number of anilines is 1. The minimum Gasteiger partial charge on any atom is -0.336 e. The maximum absolute atomic E-state index is 12.7. The van der Waals surface area contributed by atoms with Crippen molar-refractivity contribution in [2.24, 2.45) is 5.92 Å². The van der Waals surface area contributed by atoms with Gasteiger partial charge in [-0.3, -0.25) is 14.5 Å². The lowest BCUT2D eigenvalue weighted by atomic mass is 10.1. The van der Waals surface area contributed by atoms with Crippen LogP contribution in [0.25, 0.3) is 0 Å². The largest absolute Gasteiger partial charge is 0.336 e. The van der Waals surface area contributed by atoms with Crippen molar-refractivity contribution in [2.45, 2.75) is 13.8 Å². The highest BCUT2D eigenvalue weighted by atomic mass is 16.2. The first-order valence-corrected chi connectivity index (χ1v) is 9.51. The molecule has 1 aliphatic rings. The van der Waals surface area contributed by atoms with Gasteiger partial charge in [-0.15, -0.1) is 0 Å². The van der Waals surface area contributed by atoms with Gasteiger partial charge in [0.25, 0.3) is 11.8 Å². The lowest BCUT2D eigenvalue weighted by Gasteiger charge is -2.35. The zero-order valence-electron chi connectivity index (χ0n) is 16.0. The van der Waals surface area contributed by atoms with Gasteiger partial charge < -0.3 is 10.2 Å². The van der Waals surface area contributed by atoms with Gasteiger partial charge in [0.2, 0.25) is 0 Å². The Morgan fingerprint density at radius 3 is 2.11 bits per heavy atom. The number of carbonyl (C=O) groups is 2. The number of nitrogens with one attached hydrogen (secondary N) is 1. The minimum atomic E-state index is -0.157. The summed E-state index contributed by atoms with van der Waals surface area (Å²) >= 11 is 0. The van der Waals surface area contributed by atoms with Crippen molar-refractivity contribution in [3.63, 3.8) is 0 Å². The molecule has 0 saturated carbocycles. The smallest absolute Gasteiger partial charge is 0.255 e. The fourth-order valence-corrected chi connectivity index (χ4v) is 3.32. The van der Waals surface area contributed by atoms with E-state index in [1.807, 2.05) is 23.1 Å². The molecule has 2 aromatic carbocycles. The topological polar surface area (TPSA) is 52.6 Å². The Balaban J connectivity index is 1.56. The molecule has 5 nitrogen and oxygen atoms in total. The second-order valence-electron chi connectivity index (χ2n) is 7.38. The second-order valence-corrected chi connectivity index (χ2v) is 7.38. The Bertz CT molecular complexity index is 764. The molecular weight excluding hydrogens is 338 g/mol. The Morgan fingerprint density at radius 2 is 1.52 bits per heavy atom. The molecule has 1 N–H and O–H groups in total. The van der Waals surface area contributed by atoms with Gasteiger partial charge in [-0.25, -0.2) is 0 Å². The summed E-state index contributed by atoms with van der Waals surface area (Å²) in [5.41, 5.74) is 1.95. The molecule has 1 fully saturated rings. The van der Waals surface area contributed by atoms with Gasteiger partial charge in [0.15, 0.2) is 0 Å². The lowest BCUT2D eigenvalue weighted by molar-refractivity contribution is 0.0624. The third-order valence-corrected chi connectivity index (χ3v) is 4.71. The molecule has 0 aromatic heterocycles. The van der Waals surface area contributed by atoms with Crippen molar-refractivity contribution in [3.8, 4) is 0 Å². The van der Waals surface area contributed by atoms with Crippen LogP contribution < -0.4 is 5.32 Å². The average molecular weight is 365 g/mol. The molecule has 1 aliphatic heterocycles. The van der Waals surface area contributed by atoms with E-state index in [1.165, 1.54) is 0 Å². The van der Waals surface area contributed by atoms with Crippen molar-refractivity contribution < 1.29 is 9.59 Å². The number of rotatable bonds is 5. The number of hydrogen-bond acceptors (Lipinski definition) is 3. The molecule has 0 spiro atoms. The molecule has 0 atom stereocenters. The summed E-state index contributed by atoms with van der Waals surface area (Å²) in [5, 5.41) is 2.86. The third kappa shape index (κ3) is 5.17. The van der Waals surface area contributed by atoms with Crippen molar-refractivity contribution in [2.75, 3.05) is 38.0 Å². The van der Waals surface area contributed by atoms with Crippen LogP contribution in [0.5, 0.6) is 0 Å². The fourth-order valence-electron chi connectivity index (χ4n) is 3.32. The summed E-state index contributed by atoms with van der Waals surface area (Å²) in [6.45, 7) is 8.89. The zero-order valence-corrected chi connectivity index (χ0v) is 16.0. The van der Waals surface area contributed by atoms with E-state index in [0.29, 0.717) is 22.7 Å². The number of carbonyl (C=O) groups excluding carboxylic acids is 2. The summed E-state index contributed by atoms with van der Waals surface area (Å²) in [6, 6.07) is 16.2. The average Bonchev–Trinajstić information content (AvgIpc) is 2.69. The van der Waals surface area contributed by atoms with Crippen molar-refractivity contribution >= 4 is 17.5 Å². The molecule has 1 saturated heterocycles. The van der Waals surface area contributed by atoms with Gasteiger partial charge in [-0.05, 0) is 42.3 Å². The Morgan fingerprint density at radius 1 is 0.889 bits per heavy atom. The van der Waals surface area contributed by atoms with E-state index >= 15 is 0 Å². The molecule has 0 unspecified atom stereocenters. The van der Waals surface area contributed by atoms with E-state index in [4.69, 9.17) is 0 Å². The van der Waals surface area contributed by atoms with Gasteiger partial charge in [-0.1, -0.05) is 32.0 Å². The normalized spacial score (nSPS) is 15.0. The van der Waals surface area contributed by atoms with Crippen LogP contribution in [-0.2, 0) is 0 Å². The first-order chi connectivity index (χ1) is 13.0. The Labute approximate surface area is 161 Å². The molecule has 0 radical (unpaired) electrons. The summed E-state index contributed by atoms with van der Waals surface area (Å²) in [5.74, 6) is 0.543. The predicted octanol–water partition coefficient (Wildman–Crippen LogP) is 3.35. The van der Waals surface area contributed by atoms with E-state index in [2.05, 4.69) is 24.1 Å². The first-order valence-electron chi connectivity index (χ1n) is 9.51. The summed E-state index contributed by atoms with van der Waals surface area (Å²) < 4.78 is 0. The molecule has 142 valence electrons.